The number of nitrogens with zero attached hydrogens (tertiary/aromatic N) is 11. The molecule has 1 aliphatic heterocycles. The number of carbonyl (C=O) groups is 6. The third-order valence-electron chi connectivity index (χ3n) is 16.3. The Labute approximate surface area is 667 Å². The molecule has 0 atom stereocenters. The lowest BCUT2D eigenvalue weighted by Gasteiger charge is -2.19. The average Bonchev–Trinajstić information content (AvgIpc) is 1.63. The Morgan fingerprint density at radius 3 is 1.25 bits per heavy atom. The SMILES string of the molecule is CC(C)(C)OC(=O)c1c(-c2ccsc2)nc2c(-c3ncc(-c4ccc5c(c4)OCO5)[nH]3)cccn12.CC(C)(C)OC(=O)c1c(-c2ccsc2)nc2c(-c3ncc(Cl)[nH]3)cccn12.CC(C)(C)OC(=O)c1c(-c2ccsc2)nc2c(C(=O)NCC#N)cccn12.CC(C)(C)OC(=O)c1c(-c2ccsc2)nc2c(C(=O)O)cccn12. The fourth-order valence-corrected chi connectivity index (χ4v) is 14.5. The summed E-state index contributed by atoms with van der Waals surface area (Å²) in [6.45, 7) is 21.9. The predicted molar refractivity (Wildman–Crippen MR) is 431 cm³/mol. The molecule has 27 nitrogen and oxygen atoms in total. The number of halogens is 1. The van der Waals surface area contributed by atoms with E-state index < -0.39 is 58.2 Å². The number of aromatic carboxylic acids is 1. The minimum atomic E-state index is -1.10. The highest BCUT2D eigenvalue weighted by Gasteiger charge is 2.33. The zero-order valence-electron chi connectivity index (χ0n) is 62.9. The van der Waals surface area contributed by atoms with E-state index in [-0.39, 0.29) is 41.5 Å². The highest BCUT2D eigenvalue weighted by molar-refractivity contribution is 7.09. The number of aromatic nitrogens is 12. The van der Waals surface area contributed by atoms with Gasteiger partial charge >= 0.3 is 29.8 Å². The van der Waals surface area contributed by atoms with Crippen LogP contribution in [0.3, 0.4) is 0 Å². The summed E-state index contributed by atoms with van der Waals surface area (Å²) in [7, 11) is 0. The molecule has 113 heavy (non-hydrogen) atoms. The number of carboxylic acid groups (broad SMARTS) is 1. The molecule has 0 saturated carbocycles. The molecule has 0 bridgehead atoms. The topological polar surface area (TPSA) is 340 Å². The number of nitriles is 1. The maximum absolute atomic E-state index is 13.3. The molecule has 1 aromatic carbocycles. The van der Waals surface area contributed by atoms with Crippen molar-refractivity contribution in [1.82, 2.24) is 62.8 Å². The van der Waals surface area contributed by atoms with E-state index in [2.05, 4.69) is 35.2 Å². The van der Waals surface area contributed by atoms with Gasteiger partial charge in [0.1, 0.15) is 85.4 Å². The monoisotopic (exact) mass is 1610 g/mol. The Morgan fingerprint density at radius 2 is 0.867 bits per heavy atom. The number of hydrogen-bond acceptors (Lipinski definition) is 23. The van der Waals surface area contributed by atoms with Crippen LogP contribution in [0.1, 0.15) is 146 Å². The van der Waals surface area contributed by atoms with Crippen LogP contribution < -0.4 is 14.8 Å². The lowest BCUT2D eigenvalue weighted by atomic mass is 10.1. The number of H-pyrrole nitrogens is 2. The van der Waals surface area contributed by atoms with Gasteiger partial charge in [-0.05, 0) is 196 Å². The van der Waals surface area contributed by atoms with Crippen LogP contribution in [0.2, 0.25) is 5.15 Å². The number of fused-ring (bicyclic) bond motifs is 5. The number of esters is 4. The number of amides is 1. The second-order valence-electron chi connectivity index (χ2n) is 29.2. The van der Waals surface area contributed by atoms with Crippen LogP contribution in [-0.4, -0.2) is 134 Å². The first-order chi connectivity index (χ1) is 53.8. The van der Waals surface area contributed by atoms with Crippen LogP contribution in [0.25, 0.3) is 102 Å². The van der Waals surface area contributed by atoms with E-state index in [1.54, 1.807) is 120 Å². The number of pyridine rings is 4. The van der Waals surface area contributed by atoms with Gasteiger partial charge in [-0.15, -0.1) is 0 Å². The van der Waals surface area contributed by atoms with Crippen LogP contribution >= 0.6 is 56.9 Å². The molecule has 0 fully saturated rings. The first kappa shape index (κ1) is 78.5. The number of carboxylic acids is 1. The molecule has 0 aliphatic carbocycles. The van der Waals surface area contributed by atoms with E-state index in [9.17, 15) is 33.9 Å². The van der Waals surface area contributed by atoms with Crippen LogP contribution in [0.5, 0.6) is 11.5 Å². The van der Waals surface area contributed by atoms with Crippen molar-refractivity contribution < 1.29 is 62.3 Å². The normalized spacial score (nSPS) is 12.0. The second kappa shape index (κ2) is 32.0. The molecule has 576 valence electrons. The number of carbonyl (C=O) groups excluding carboxylic acids is 5. The van der Waals surface area contributed by atoms with Gasteiger partial charge in [0.25, 0.3) is 5.91 Å². The molecule has 32 heteroatoms. The van der Waals surface area contributed by atoms with E-state index in [0.717, 1.165) is 50.4 Å². The van der Waals surface area contributed by atoms with Gasteiger partial charge < -0.3 is 48.8 Å². The van der Waals surface area contributed by atoms with Crippen molar-refractivity contribution in [3.63, 3.8) is 0 Å². The van der Waals surface area contributed by atoms with Crippen molar-refractivity contribution >= 4 is 115 Å². The quantitative estimate of drug-likeness (QED) is 0.0446. The van der Waals surface area contributed by atoms with Crippen molar-refractivity contribution in [2.24, 2.45) is 0 Å². The summed E-state index contributed by atoms with van der Waals surface area (Å²) in [4.78, 5) is 110. The fraction of sp³-hybridized carbons (Fsp3) is 0.222. The number of ether oxygens (including phenoxy) is 6. The van der Waals surface area contributed by atoms with Gasteiger partial charge in [0, 0.05) is 74.1 Å². The van der Waals surface area contributed by atoms with Gasteiger partial charge in [-0.25, -0.2) is 53.9 Å². The number of imidazole rings is 6. The zero-order chi connectivity index (χ0) is 80.4. The predicted octanol–water partition coefficient (Wildman–Crippen LogP) is 17.9. The largest absolute Gasteiger partial charge is 0.478 e. The molecule has 15 aromatic rings. The van der Waals surface area contributed by atoms with Gasteiger partial charge in [0.05, 0.1) is 40.8 Å². The maximum Gasteiger partial charge on any atom is 0.358 e. The van der Waals surface area contributed by atoms with Crippen molar-refractivity contribution in [3.05, 3.63) is 210 Å². The van der Waals surface area contributed by atoms with Gasteiger partial charge in [-0.3, -0.25) is 22.4 Å². The summed E-state index contributed by atoms with van der Waals surface area (Å²) in [5, 5.41) is 36.3. The molecule has 16 rings (SSSR count). The number of benzene rings is 1. The van der Waals surface area contributed by atoms with E-state index in [0.29, 0.717) is 73.7 Å². The Morgan fingerprint density at radius 1 is 0.496 bits per heavy atom. The van der Waals surface area contributed by atoms with E-state index in [1.807, 2.05) is 164 Å². The van der Waals surface area contributed by atoms with Crippen molar-refractivity contribution in [2.45, 2.75) is 105 Å². The second-order valence-corrected chi connectivity index (χ2v) is 32.7. The highest BCUT2D eigenvalue weighted by atomic mass is 35.5. The zero-order valence-corrected chi connectivity index (χ0v) is 67.0. The molecular weight excluding hydrogens is 1540 g/mol. The lowest BCUT2D eigenvalue weighted by molar-refractivity contribution is 0.00502. The van der Waals surface area contributed by atoms with Gasteiger partial charge in [0.15, 0.2) is 45.6 Å². The Bertz CT molecular complexity index is 6110. The smallest absolute Gasteiger partial charge is 0.358 e. The minimum absolute atomic E-state index is 0.0313. The molecule has 14 aromatic heterocycles. The lowest BCUT2D eigenvalue weighted by Crippen LogP contribution is -2.25. The summed E-state index contributed by atoms with van der Waals surface area (Å²) in [6.07, 6.45) is 10.2. The third kappa shape index (κ3) is 17.5. The number of hydrogen-bond donors (Lipinski definition) is 4. The number of nitrogens with one attached hydrogen (secondary N) is 3. The van der Waals surface area contributed by atoms with Crippen LogP contribution in [0, 0.1) is 11.3 Å². The molecule has 4 N–H and O–H groups in total. The molecular formula is C81H73ClN14O13S4. The van der Waals surface area contributed by atoms with Crippen LogP contribution in [0.15, 0.2) is 171 Å². The first-order valence-corrected chi connectivity index (χ1v) is 39.1. The summed E-state index contributed by atoms with van der Waals surface area (Å²) in [6, 6.07) is 29.0. The molecule has 0 unspecified atom stereocenters. The summed E-state index contributed by atoms with van der Waals surface area (Å²) in [5.41, 5.74) is 9.29. The minimum Gasteiger partial charge on any atom is -0.478 e. The Hall–Kier alpha value is -12.6. The van der Waals surface area contributed by atoms with Crippen LogP contribution in [0.4, 0.5) is 0 Å². The standard InChI is InChI=1S/C26H22N4O4S.C19H17ClN4O2S.C19H18N4O3S.C17H16N2O4S/c1-26(2,3)34-25(31)22-21(16-8-10-35-13-16)29-24-17(5-4-9-30(22)24)23-27-12-18(28-23)15-6-7-19-20(11-15)33-14-32-19;1-19(2,3)26-18(25)15-14(11-6-8-27-10-11)23-17-12(5-4-7-24(15)17)16-21-9-13(20)22-16;1-19(2,3)26-18(25)15-14(12-6-10-27-11-12)22-16-13(5-4-9-23(15)16)17(24)21-8-7-20;1-17(2,3)23-16(22)13-12(10-6-8-24-9-10)18-14-11(15(20)21)5-4-7-19(13)14/h4-13H,14H2,1-3H3,(H,27,28);4-10H,1-3H3,(H,21,22);4-6,9-11H,8H2,1-3H3,(H,21,24);4-9H,1-3H3,(H,20,21). The van der Waals surface area contributed by atoms with Gasteiger partial charge in [0.2, 0.25) is 6.79 Å². The van der Waals surface area contributed by atoms with E-state index >= 15 is 0 Å². The van der Waals surface area contributed by atoms with Gasteiger partial charge in [-0.2, -0.15) is 50.6 Å². The summed E-state index contributed by atoms with van der Waals surface area (Å²) < 4.78 is 39.9. The Balaban J connectivity index is 0.000000133. The average molecular weight is 1610 g/mol. The fourth-order valence-electron chi connectivity index (χ4n) is 11.8. The molecule has 1 amide bonds. The number of aromatic amines is 2. The Kier molecular flexibility index (Phi) is 22.2. The maximum atomic E-state index is 13.3. The molecule has 0 saturated heterocycles. The van der Waals surface area contributed by atoms with E-state index in [4.69, 9.17) is 55.3 Å². The molecule has 0 spiro atoms. The molecule has 1 aliphatic rings. The molecule has 0 radical (unpaired) electrons. The van der Waals surface area contributed by atoms with Gasteiger partial charge in [-0.1, -0.05) is 11.6 Å². The van der Waals surface area contributed by atoms with Crippen molar-refractivity contribution in [2.75, 3.05) is 13.3 Å². The summed E-state index contributed by atoms with van der Waals surface area (Å²) >= 11 is 12.0. The highest BCUT2D eigenvalue weighted by Crippen LogP contribution is 2.39. The first-order valence-electron chi connectivity index (χ1n) is 34.9. The molecule has 15 heterocycles. The van der Waals surface area contributed by atoms with E-state index in [1.165, 1.54) is 39.3 Å². The third-order valence-corrected chi connectivity index (χ3v) is 19.2. The summed E-state index contributed by atoms with van der Waals surface area (Å²) in [5.74, 6) is -0.788. The number of thiophene rings is 4. The van der Waals surface area contributed by atoms with Crippen molar-refractivity contribution in [1.29, 1.82) is 5.26 Å². The van der Waals surface area contributed by atoms with Crippen LogP contribution in [-0.2, 0) is 18.9 Å². The van der Waals surface area contributed by atoms with Crippen molar-refractivity contribution in [3.8, 4) is 96.6 Å². The number of rotatable bonds is 14.